The van der Waals surface area contributed by atoms with Crippen LogP contribution in [-0.4, -0.2) is 47.3 Å². The minimum absolute atomic E-state index is 0.116. The number of amides is 1. The fourth-order valence-corrected chi connectivity index (χ4v) is 2.52. The van der Waals surface area contributed by atoms with Crippen molar-refractivity contribution in [1.82, 2.24) is 5.32 Å². The Kier molecular flexibility index (Phi) is 4.93. The molecule has 1 aromatic carbocycles. The summed E-state index contributed by atoms with van der Waals surface area (Å²) in [6, 6.07) is 6.91. The number of hydrogen-bond donors (Lipinski definition) is 3. The molecule has 6 nitrogen and oxygen atoms in total. The molecular formula is C15H20N2O4. The van der Waals surface area contributed by atoms with E-state index < -0.39 is 18.1 Å². The van der Waals surface area contributed by atoms with Gasteiger partial charge in [-0.15, -0.1) is 0 Å². The maximum absolute atomic E-state index is 12.6. The van der Waals surface area contributed by atoms with Crippen molar-refractivity contribution in [3.8, 4) is 0 Å². The van der Waals surface area contributed by atoms with Crippen molar-refractivity contribution in [3.63, 3.8) is 0 Å². The van der Waals surface area contributed by atoms with Crippen molar-refractivity contribution in [2.24, 2.45) is 0 Å². The first-order chi connectivity index (χ1) is 9.99. The van der Waals surface area contributed by atoms with E-state index >= 15 is 0 Å². The maximum atomic E-state index is 12.6. The quantitative estimate of drug-likeness (QED) is 0.736. The normalized spacial score (nSPS) is 21.2. The van der Waals surface area contributed by atoms with Crippen LogP contribution in [0.2, 0.25) is 0 Å². The van der Waals surface area contributed by atoms with Gasteiger partial charge in [-0.1, -0.05) is 18.2 Å². The minimum Gasteiger partial charge on any atom is -0.481 e. The minimum atomic E-state index is -0.944. The molecule has 114 valence electrons. The fourth-order valence-electron chi connectivity index (χ4n) is 2.52. The second-order valence-electron chi connectivity index (χ2n) is 5.27. The molecule has 0 radical (unpaired) electrons. The standard InChI is InChI=1S/C15H20N2O4/c1-10-4-2-3-5-13(10)17(7-6-14(19)20)15(21)12-8-11(18)9-16-12/h2-5,11-12,16,18H,6-9H2,1H3,(H,19,20). The van der Waals surface area contributed by atoms with Gasteiger partial charge in [0.25, 0.3) is 0 Å². The lowest BCUT2D eigenvalue weighted by molar-refractivity contribution is -0.136. The Balaban J connectivity index is 2.21. The van der Waals surface area contributed by atoms with Crippen LogP contribution in [0.4, 0.5) is 5.69 Å². The number of hydrogen-bond acceptors (Lipinski definition) is 4. The van der Waals surface area contributed by atoms with Gasteiger partial charge in [-0.25, -0.2) is 0 Å². The second-order valence-corrected chi connectivity index (χ2v) is 5.27. The molecule has 1 fully saturated rings. The monoisotopic (exact) mass is 292 g/mol. The first-order valence-corrected chi connectivity index (χ1v) is 6.99. The molecule has 1 heterocycles. The van der Waals surface area contributed by atoms with Crippen LogP contribution in [0, 0.1) is 6.92 Å². The van der Waals surface area contributed by atoms with Crippen LogP contribution in [0.3, 0.4) is 0 Å². The lowest BCUT2D eigenvalue weighted by Crippen LogP contribution is -2.45. The number of β-amino-alcohol motifs (C(OH)–C–C–N with tert-alkyl or cyclic N) is 1. The summed E-state index contributed by atoms with van der Waals surface area (Å²) in [6.45, 7) is 2.39. The molecule has 0 aromatic heterocycles. The number of carbonyl (C=O) groups is 2. The summed E-state index contributed by atoms with van der Waals surface area (Å²) in [4.78, 5) is 24.9. The van der Waals surface area contributed by atoms with E-state index in [1.807, 2.05) is 25.1 Å². The molecule has 3 N–H and O–H groups in total. The zero-order valence-electron chi connectivity index (χ0n) is 12.0. The number of aryl methyl sites for hydroxylation is 1. The number of carboxylic acids is 1. The molecule has 1 amide bonds. The Bertz CT molecular complexity index is 532. The smallest absolute Gasteiger partial charge is 0.305 e. The van der Waals surface area contributed by atoms with E-state index in [1.165, 1.54) is 4.90 Å². The van der Waals surface area contributed by atoms with E-state index in [2.05, 4.69) is 5.32 Å². The maximum Gasteiger partial charge on any atom is 0.305 e. The number of aliphatic hydroxyl groups is 1. The zero-order chi connectivity index (χ0) is 15.4. The molecule has 6 heteroatoms. The van der Waals surface area contributed by atoms with Crippen molar-refractivity contribution in [3.05, 3.63) is 29.8 Å². The molecule has 1 aromatic rings. The average Bonchev–Trinajstić information content (AvgIpc) is 2.87. The molecule has 0 spiro atoms. The lowest BCUT2D eigenvalue weighted by atomic mass is 10.1. The Hall–Kier alpha value is -1.92. The van der Waals surface area contributed by atoms with E-state index in [-0.39, 0.29) is 18.9 Å². The van der Waals surface area contributed by atoms with Crippen LogP contribution in [-0.2, 0) is 9.59 Å². The third-order valence-electron chi connectivity index (χ3n) is 3.63. The Morgan fingerprint density at radius 1 is 1.38 bits per heavy atom. The van der Waals surface area contributed by atoms with Crippen LogP contribution < -0.4 is 10.2 Å². The van der Waals surface area contributed by atoms with Crippen LogP contribution in [0.25, 0.3) is 0 Å². The van der Waals surface area contributed by atoms with Gasteiger partial charge in [0.15, 0.2) is 0 Å². The van der Waals surface area contributed by atoms with E-state index in [1.54, 1.807) is 6.07 Å². The third-order valence-corrected chi connectivity index (χ3v) is 3.63. The largest absolute Gasteiger partial charge is 0.481 e. The van der Waals surface area contributed by atoms with Gasteiger partial charge in [0.05, 0.1) is 18.6 Å². The highest BCUT2D eigenvalue weighted by Crippen LogP contribution is 2.22. The summed E-state index contributed by atoms with van der Waals surface area (Å²) in [5, 5.41) is 21.4. The Labute approximate surface area is 123 Å². The number of benzene rings is 1. The van der Waals surface area contributed by atoms with Crippen LogP contribution in [0.5, 0.6) is 0 Å². The summed E-state index contributed by atoms with van der Waals surface area (Å²) >= 11 is 0. The number of aliphatic carboxylic acids is 1. The van der Waals surface area contributed by atoms with Gasteiger partial charge in [0.2, 0.25) is 5.91 Å². The highest BCUT2D eigenvalue weighted by atomic mass is 16.4. The topological polar surface area (TPSA) is 89.9 Å². The molecule has 1 saturated heterocycles. The number of anilines is 1. The van der Waals surface area contributed by atoms with Gasteiger partial charge in [0, 0.05) is 18.8 Å². The first kappa shape index (κ1) is 15.5. The molecule has 2 atom stereocenters. The molecule has 1 aliphatic heterocycles. The highest BCUT2D eigenvalue weighted by molar-refractivity contribution is 5.98. The number of carboxylic acid groups (broad SMARTS) is 1. The molecule has 1 aliphatic rings. The van der Waals surface area contributed by atoms with Gasteiger partial charge in [-0.05, 0) is 25.0 Å². The number of nitrogens with zero attached hydrogens (tertiary/aromatic N) is 1. The van der Waals surface area contributed by atoms with E-state index in [0.717, 1.165) is 5.56 Å². The van der Waals surface area contributed by atoms with Crippen molar-refractivity contribution < 1.29 is 19.8 Å². The van der Waals surface area contributed by atoms with Crippen molar-refractivity contribution in [2.75, 3.05) is 18.0 Å². The summed E-state index contributed by atoms with van der Waals surface area (Å²) in [7, 11) is 0. The molecule has 0 saturated carbocycles. The number of nitrogens with one attached hydrogen (secondary N) is 1. The number of rotatable bonds is 5. The summed E-state index contributed by atoms with van der Waals surface area (Å²) in [6.07, 6.45) is -0.291. The van der Waals surface area contributed by atoms with Crippen molar-refractivity contribution in [2.45, 2.75) is 31.9 Å². The zero-order valence-corrected chi connectivity index (χ0v) is 12.0. The van der Waals surface area contributed by atoms with E-state index in [0.29, 0.717) is 18.7 Å². The summed E-state index contributed by atoms with van der Waals surface area (Å²) in [5.41, 5.74) is 1.63. The Morgan fingerprint density at radius 3 is 2.67 bits per heavy atom. The molecule has 0 aliphatic carbocycles. The third kappa shape index (κ3) is 3.80. The predicted molar refractivity (Wildman–Crippen MR) is 78.2 cm³/mol. The fraction of sp³-hybridized carbons (Fsp3) is 0.467. The van der Waals surface area contributed by atoms with E-state index in [9.17, 15) is 14.7 Å². The van der Waals surface area contributed by atoms with Gasteiger partial charge < -0.3 is 20.4 Å². The van der Waals surface area contributed by atoms with E-state index in [4.69, 9.17) is 5.11 Å². The van der Waals surface area contributed by atoms with Gasteiger partial charge in [0.1, 0.15) is 0 Å². The van der Waals surface area contributed by atoms with Crippen LogP contribution in [0.15, 0.2) is 24.3 Å². The summed E-state index contributed by atoms with van der Waals surface area (Å²) < 4.78 is 0. The lowest BCUT2D eigenvalue weighted by Gasteiger charge is -2.26. The predicted octanol–water partition coefficient (Wildman–Crippen LogP) is 0.526. The molecule has 0 bridgehead atoms. The second kappa shape index (κ2) is 6.69. The first-order valence-electron chi connectivity index (χ1n) is 6.99. The average molecular weight is 292 g/mol. The van der Waals surface area contributed by atoms with Crippen LogP contribution >= 0.6 is 0 Å². The molecular weight excluding hydrogens is 272 g/mol. The Morgan fingerprint density at radius 2 is 2.10 bits per heavy atom. The van der Waals surface area contributed by atoms with Gasteiger partial charge in [-0.3, -0.25) is 9.59 Å². The molecule has 2 rings (SSSR count). The van der Waals surface area contributed by atoms with Crippen LogP contribution in [0.1, 0.15) is 18.4 Å². The van der Waals surface area contributed by atoms with Crippen molar-refractivity contribution >= 4 is 17.6 Å². The molecule has 21 heavy (non-hydrogen) atoms. The van der Waals surface area contributed by atoms with Gasteiger partial charge in [-0.2, -0.15) is 0 Å². The summed E-state index contributed by atoms with van der Waals surface area (Å²) in [5.74, 6) is -1.14. The number of aliphatic hydroxyl groups excluding tert-OH is 1. The number of para-hydroxylation sites is 1. The number of carbonyl (C=O) groups excluding carboxylic acids is 1. The van der Waals surface area contributed by atoms with Gasteiger partial charge >= 0.3 is 5.97 Å². The SMILES string of the molecule is Cc1ccccc1N(CCC(=O)O)C(=O)C1CC(O)CN1. The van der Waals surface area contributed by atoms with Crippen molar-refractivity contribution in [1.29, 1.82) is 0 Å². The molecule has 2 unspecified atom stereocenters. The highest BCUT2D eigenvalue weighted by Gasteiger charge is 2.32.